The Morgan fingerprint density at radius 2 is 1.91 bits per heavy atom. The van der Waals surface area contributed by atoms with Gasteiger partial charge in [-0.25, -0.2) is 0 Å². The average molecular weight is 272 g/mol. The van der Waals surface area contributed by atoms with Gasteiger partial charge in [0.15, 0.2) is 6.29 Å². The molecule has 0 saturated heterocycles. The molecule has 1 atom stereocenters. The van der Waals surface area contributed by atoms with Crippen molar-refractivity contribution in [3.05, 3.63) is 0 Å². The first-order valence-corrected chi connectivity index (χ1v) is 5.63. The number of halogens is 1. The van der Waals surface area contributed by atoms with E-state index in [0.717, 1.165) is 24.1 Å². The van der Waals surface area contributed by atoms with Gasteiger partial charge in [0.05, 0.1) is 6.61 Å². The van der Waals surface area contributed by atoms with Crippen LogP contribution < -0.4 is 0 Å². The van der Waals surface area contributed by atoms with Crippen LogP contribution in [0.5, 0.6) is 0 Å². The Kier molecular flexibility index (Phi) is 9.26. The number of alkyl halides is 1. The standard InChI is InChI=1S/C8H17IO2/c1-3-4-6-10-8(2)11-7-5-9/h8H,3-7H2,1-2H3. The molecule has 0 rings (SSSR count). The van der Waals surface area contributed by atoms with Gasteiger partial charge in [0.2, 0.25) is 0 Å². The van der Waals surface area contributed by atoms with Crippen LogP contribution in [0.2, 0.25) is 0 Å². The number of rotatable bonds is 7. The van der Waals surface area contributed by atoms with Crippen LogP contribution in [-0.4, -0.2) is 23.9 Å². The first kappa shape index (κ1) is 11.6. The molecule has 11 heavy (non-hydrogen) atoms. The summed E-state index contributed by atoms with van der Waals surface area (Å²) in [4.78, 5) is 0. The van der Waals surface area contributed by atoms with Crippen molar-refractivity contribution in [3.63, 3.8) is 0 Å². The Hall–Kier alpha value is 0.650. The third-order valence-electron chi connectivity index (χ3n) is 1.28. The van der Waals surface area contributed by atoms with Gasteiger partial charge in [-0.3, -0.25) is 0 Å². The Morgan fingerprint density at radius 1 is 1.27 bits per heavy atom. The maximum absolute atomic E-state index is 5.36. The molecule has 0 aromatic heterocycles. The van der Waals surface area contributed by atoms with Crippen LogP contribution in [0, 0.1) is 0 Å². The zero-order valence-electron chi connectivity index (χ0n) is 7.31. The summed E-state index contributed by atoms with van der Waals surface area (Å²) in [5.41, 5.74) is 0. The molecule has 0 aliphatic carbocycles. The summed E-state index contributed by atoms with van der Waals surface area (Å²) in [5, 5.41) is 0. The van der Waals surface area contributed by atoms with E-state index in [4.69, 9.17) is 9.47 Å². The van der Waals surface area contributed by atoms with Gasteiger partial charge < -0.3 is 9.47 Å². The van der Waals surface area contributed by atoms with Gasteiger partial charge >= 0.3 is 0 Å². The van der Waals surface area contributed by atoms with E-state index in [1.807, 2.05) is 6.92 Å². The maximum Gasteiger partial charge on any atom is 0.154 e. The minimum atomic E-state index is -0.0312. The zero-order valence-corrected chi connectivity index (χ0v) is 9.46. The van der Waals surface area contributed by atoms with Crippen molar-refractivity contribution in [2.24, 2.45) is 0 Å². The Bertz CT molecular complexity index is 78.5. The highest BCUT2D eigenvalue weighted by Gasteiger charge is 1.99. The number of hydrogen-bond donors (Lipinski definition) is 0. The molecule has 0 aliphatic rings. The Labute approximate surface area is 82.8 Å². The van der Waals surface area contributed by atoms with E-state index in [0.29, 0.717) is 0 Å². The predicted octanol–water partition coefficient (Wildman–Crippen LogP) is 2.60. The minimum Gasteiger partial charge on any atom is -0.353 e. The molecular weight excluding hydrogens is 255 g/mol. The van der Waals surface area contributed by atoms with Crippen molar-refractivity contribution in [3.8, 4) is 0 Å². The van der Waals surface area contributed by atoms with Gasteiger partial charge in [0.25, 0.3) is 0 Å². The third-order valence-corrected chi connectivity index (χ3v) is 1.72. The molecule has 0 fully saturated rings. The van der Waals surface area contributed by atoms with E-state index in [2.05, 4.69) is 29.5 Å². The molecule has 0 heterocycles. The predicted molar refractivity (Wildman–Crippen MR) is 55.2 cm³/mol. The van der Waals surface area contributed by atoms with Gasteiger partial charge in [0.1, 0.15) is 0 Å². The molecule has 0 spiro atoms. The van der Waals surface area contributed by atoms with Crippen molar-refractivity contribution in [1.29, 1.82) is 0 Å². The monoisotopic (exact) mass is 272 g/mol. The van der Waals surface area contributed by atoms with Gasteiger partial charge in [-0.2, -0.15) is 0 Å². The van der Waals surface area contributed by atoms with Crippen molar-refractivity contribution in [1.82, 2.24) is 0 Å². The minimum absolute atomic E-state index is 0.0312. The fourth-order valence-electron chi connectivity index (χ4n) is 0.652. The quantitative estimate of drug-likeness (QED) is 0.307. The number of ether oxygens (including phenoxy) is 2. The molecule has 0 aromatic carbocycles. The second-order valence-corrected chi connectivity index (χ2v) is 3.43. The summed E-state index contributed by atoms with van der Waals surface area (Å²) in [6, 6.07) is 0. The van der Waals surface area contributed by atoms with E-state index in [9.17, 15) is 0 Å². The van der Waals surface area contributed by atoms with E-state index < -0.39 is 0 Å². The van der Waals surface area contributed by atoms with Crippen LogP contribution in [0.15, 0.2) is 0 Å². The second-order valence-electron chi connectivity index (χ2n) is 2.35. The lowest BCUT2D eigenvalue weighted by atomic mass is 10.4. The fourth-order valence-corrected chi connectivity index (χ4v) is 0.907. The van der Waals surface area contributed by atoms with Crippen LogP contribution in [0.4, 0.5) is 0 Å². The van der Waals surface area contributed by atoms with Gasteiger partial charge in [-0.1, -0.05) is 35.9 Å². The summed E-state index contributed by atoms with van der Waals surface area (Å²) in [5.74, 6) is 0. The molecule has 0 bridgehead atoms. The molecule has 0 N–H and O–H groups in total. The molecule has 68 valence electrons. The SMILES string of the molecule is CCCCOC(C)OCCI. The molecule has 3 heteroatoms. The lowest BCUT2D eigenvalue weighted by molar-refractivity contribution is -0.126. The van der Waals surface area contributed by atoms with Crippen molar-refractivity contribution < 1.29 is 9.47 Å². The van der Waals surface area contributed by atoms with Crippen LogP contribution in [0.3, 0.4) is 0 Å². The summed E-state index contributed by atoms with van der Waals surface area (Å²) in [6.45, 7) is 5.70. The smallest absolute Gasteiger partial charge is 0.154 e. The molecule has 0 amide bonds. The van der Waals surface area contributed by atoms with Crippen LogP contribution in [0.1, 0.15) is 26.7 Å². The molecule has 2 nitrogen and oxygen atoms in total. The van der Waals surface area contributed by atoms with Crippen molar-refractivity contribution in [2.75, 3.05) is 17.6 Å². The molecule has 1 unspecified atom stereocenters. The zero-order chi connectivity index (χ0) is 8.53. The largest absolute Gasteiger partial charge is 0.353 e. The number of hydrogen-bond acceptors (Lipinski definition) is 2. The van der Waals surface area contributed by atoms with E-state index in [-0.39, 0.29) is 6.29 Å². The highest BCUT2D eigenvalue weighted by Crippen LogP contribution is 1.97. The summed E-state index contributed by atoms with van der Waals surface area (Å²) in [7, 11) is 0. The molecule has 0 radical (unpaired) electrons. The van der Waals surface area contributed by atoms with E-state index in [1.54, 1.807) is 0 Å². The summed E-state index contributed by atoms with van der Waals surface area (Å²) >= 11 is 2.29. The normalized spacial score (nSPS) is 13.4. The Morgan fingerprint density at radius 3 is 2.45 bits per heavy atom. The van der Waals surface area contributed by atoms with E-state index >= 15 is 0 Å². The van der Waals surface area contributed by atoms with Crippen LogP contribution in [0.25, 0.3) is 0 Å². The topological polar surface area (TPSA) is 18.5 Å². The van der Waals surface area contributed by atoms with Gasteiger partial charge in [0, 0.05) is 11.0 Å². The maximum atomic E-state index is 5.36. The fraction of sp³-hybridized carbons (Fsp3) is 1.00. The highest BCUT2D eigenvalue weighted by atomic mass is 127. The van der Waals surface area contributed by atoms with Crippen LogP contribution in [-0.2, 0) is 9.47 Å². The first-order valence-electron chi connectivity index (χ1n) is 4.10. The number of unbranched alkanes of at least 4 members (excludes halogenated alkanes) is 1. The van der Waals surface area contributed by atoms with E-state index in [1.165, 1.54) is 6.42 Å². The average Bonchev–Trinajstić information content (AvgIpc) is 2.01. The molecule has 0 aliphatic heterocycles. The summed E-state index contributed by atoms with van der Waals surface area (Å²) < 4.78 is 11.7. The van der Waals surface area contributed by atoms with Crippen LogP contribution >= 0.6 is 22.6 Å². The van der Waals surface area contributed by atoms with Crippen molar-refractivity contribution in [2.45, 2.75) is 33.0 Å². The van der Waals surface area contributed by atoms with Crippen molar-refractivity contribution >= 4 is 22.6 Å². The lowest BCUT2D eigenvalue weighted by Gasteiger charge is -2.12. The second kappa shape index (κ2) is 8.74. The lowest BCUT2D eigenvalue weighted by Crippen LogP contribution is -2.14. The highest BCUT2D eigenvalue weighted by molar-refractivity contribution is 14.1. The first-order chi connectivity index (χ1) is 5.31. The summed E-state index contributed by atoms with van der Waals surface area (Å²) in [6.07, 6.45) is 2.27. The third kappa shape index (κ3) is 8.56. The molecular formula is C8H17IO2. The van der Waals surface area contributed by atoms with Gasteiger partial charge in [-0.15, -0.1) is 0 Å². The Balaban J connectivity index is 3.02. The molecule has 0 saturated carbocycles. The van der Waals surface area contributed by atoms with Gasteiger partial charge in [-0.05, 0) is 13.3 Å². The molecule has 0 aromatic rings.